The second-order valence-electron chi connectivity index (χ2n) is 5.23. The molecule has 1 atom stereocenters. The van der Waals surface area contributed by atoms with Crippen LogP contribution >= 0.6 is 0 Å². The van der Waals surface area contributed by atoms with Crippen LogP contribution in [-0.2, 0) is 19.6 Å². The van der Waals surface area contributed by atoms with Crippen molar-refractivity contribution in [1.82, 2.24) is 0 Å². The van der Waals surface area contributed by atoms with Crippen molar-refractivity contribution in [3.8, 4) is 0 Å². The molecule has 138 valence electrons. The van der Waals surface area contributed by atoms with Crippen LogP contribution < -0.4 is 10.5 Å². The normalized spacial score (nSPS) is 12.3. The molecule has 2 rings (SSSR count). The van der Waals surface area contributed by atoms with E-state index < -0.39 is 45.2 Å². The first kappa shape index (κ1) is 19.5. The lowest BCUT2D eigenvalue weighted by molar-refractivity contribution is -0.123. The summed E-state index contributed by atoms with van der Waals surface area (Å²) in [4.78, 5) is 23.7. The van der Waals surface area contributed by atoms with Crippen LogP contribution in [0, 0.1) is 11.6 Å². The summed E-state index contributed by atoms with van der Waals surface area (Å²) >= 11 is 0. The van der Waals surface area contributed by atoms with E-state index in [9.17, 15) is 26.8 Å². The zero-order valence-corrected chi connectivity index (χ0v) is 14.2. The van der Waals surface area contributed by atoms with Gasteiger partial charge >= 0.3 is 5.97 Å². The largest absolute Gasteiger partial charge is 0.449 e. The number of anilines is 1. The fourth-order valence-corrected chi connectivity index (χ4v) is 2.42. The molecule has 0 bridgehead atoms. The van der Waals surface area contributed by atoms with E-state index in [4.69, 9.17) is 9.88 Å². The Hall–Kier alpha value is -2.85. The number of hydrogen-bond acceptors (Lipinski definition) is 5. The number of nitrogens with one attached hydrogen (secondary N) is 1. The molecular formula is C16H14F2N2O5S. The molecular weight excluding hydrogens is 370 g/mol. The van der Waals surface area contributed by atoms with Gasteiger partial charge in [0.05, 0.1) is 10.5 Å². The number of sulfonamides is 1. The molecule has 1 unspecified atom stereocenters. The minimum atomic E-state index is -3.86. The van der Waals surface area contributed by atoms with Crippen molar-refractivity contribution in [2.45, 2.75) is 17.9 Å². The molecule has 0 heterocycles. The standard InChI is InChI=1S/C16H14F2N2O5S/c1-9(25-16(22)13-7-2-10(17)8-14(13)18)15(21)20-11-3-5-12(6-4-11)26(19,23)24/h2-9H,1H3,(H,20,21)(H2,19,23,24). The summed E-state index contributed by atoms with van der Waals surface area (Å²) in [5.74, 6) is -3.83. The van der Waals surface area contributed by atoms with Crippen molar-refractivity contribution in [1.29, 1.82) is 0 Å². The van der Waals surface area contributed by atoms with Crippen LogP contribution in [0.15, 0.2) is 47.4 Å². The molecule has 0 aliphatic heterocycles. The first-order chi connectivity index (χ1) is 12.1. The van der Waals surface area contributed by atoms with Crippen molar-refractivity contribution >= 4 is 27.6 Å². The quantitative estimate of drug-likeness (QED) is 0.763. The summed E-state index contributed by atoms with van der Waals surface area (Å²) < 4.78 is 53.5. The molecule has 1 amide bonds. The van der Waals surface area contributed by atoms with Gasteiger partial charge in [-0.2, -0.15) is 0 Å². The monoisotopic (exact) mass is 384 g/mol. The first-order valence-electron chi connectivity index (χ1n) is 7.17. The maximum absolute atomic E-state index is 13.5. The maximum atomic E-state index is 13.5. The van der Waals surface area contributed by atoms with Crippen molar-refractivity contribution in [3.05, 3.63) is 59.7 Å². The first-order valence-corrected chi connectivity index (χ1v) is 8.72. The van der Waals surface area contributed by atoms with Crippen LogP contribution in [0.5, 0.6) is 0 Å². The van der Waals surface area contributed by atoms with Crippen molar-refractivity contribution < 1.29 is 31.5 Å². The average molecular weight is 384 g/mol. The highest BCUT2D eigenvalue weighted by Gasteiger charge is 2.21. The van der Waals surface area contributed by atoms with E-state index in [2.05, 4.69) is 5.32 Å². The zero-order chi connectivity index (χ0) is 19.5. The van der Waals surface area contributed by atoms with Gasteiger partial charge in [-0.1, -0.05) is 0 Å². The van der Waals surface area contributed by atoms with Crippen LogP contribution in [-0.4, -0.2) is 26.4 Å². The Morgan fingerprint density at radius 3 is 2.27 bits per heavy atom. The molecule has 3 N–H and O–H groups in total. The third kappa shape index (κ3) is 4.83. The number of nitrogens with two attached hydrogens (primary N) is 1. The summed E-state index contributed by atoms with van der Waals surface area (Å²) in [6.45, 7) is 1.26. The van der Waals surface area contributed by atoms with Crippen LogP contribution in [0.2, 0.25) is 0 Å². The second-order valence-corrected chi connectivity index (χ2v) is 6.79. The minimum Gasteiger partial charge on any atom is -0.449 e. The van der Waals surface area contributed by atoms with E-state index in [1.807, 2.05) is 0 Å². The van der Waals surface area contributed by atoms with Gasteiger partial charge in [-0.25, -0.2) is 27.1 Å². The highest BCUT2D eigenvalue weighted by atomic mass is 32.2. The predicted molar refractivity (Wildman–Crippen MR) is 87.7 cm³/mol. The van der Waals surface area contributed by atoms with Crippen molar-refractivity contribution in [2.24, 2.45) is 5.14 Å². The van der Waals surface area contributed by atoms with Crippen LogP contribution in [0.1, 0.15) is 17.3 Å². The Balaban J connectivity index is 2.02. The minimum absolute atomic E-state index is 0.137. The zero-order valence-electron chi connectivity index (χ0n) is 13.4. The lowest BCUT2D eigenvalue weighted by Crippen LogP contribution is -2.30. The molecule has 0 saturated carbocycles. The third-order valence-electron chi connectivity index (χ3n) is 3.25. The molecule has 0 saturated heterocycles. The second kappa shape index (κ2) is 7.58. The summed E-state index contributed by atoms with van der Waals surface area (Å²) in [7, 11) is -3.86. The lowest BCUT2D eigenvalue weighted by atomic mass is 10.2. The van der Waals surface area contributed by atoms with Gasteiger partial charge in [0, 0.05) is 11.8 Å². The number of primary sulfonamides is 1. The Morgan fingerprint density at radius 2 is 1.73 bits per heavy atom. The highest BCUT2D eigenvalue weighted by Crippen LogP contribution is 2.15. The number of halogens is 2. The lowest BCUT2D eigenvalue weighted by Gasteiger charge is -2.14. The van der Waals surface area contributed by atoms with Crippen LogP contribution in [0.25, 0.3) is 0 Å². The molecule has 0 aliphatic carbocycles. The van der Waals surface area contributed by atoms with Gasteiger partial charge in [0.1, 0.15) is 11.6 Å². The fourth-order valence-electron chi connectivity index (χ4n) is 1.90. The van der Waals surface area contributed by atoms with Crippen LogP contribution in [0.3, 0.4) is 0 Å². The molecule has 0 aromatic heterocycles. The molecule has 0 spiro atoms. The summed E-state index contributed by atoms with van der Waals surface area (Å²) in [6.07, 6.45) is -1.29. The van der Waals surface area contributed by atoms with Gasteiger partial charge in [-0.3, -0.25) is 4.79 Å². The molecule has 26 heavy (non-hydrogen) atoms. The molecule has 2 aromatic rings. The van der Waals surface area contributed by atoms with E-state index >= 15 is 0 Å². The summed E-state index contributed by atoms with van der Waals surface area (Å²) in [6, 6.07) is 7.29. The molecule has 0 aliphatic rings. The fraction of sp³-hybridized carbons (Fsp3) is 0.125. The predicted octanol–water partition coefficient (Wildman–Crippen LogP) is 1.80. The van der Waals surface area contributed by atoms with Gasteiger partial charge in [0.25, 0.3) is 5.91 Å². The average Bonchev–Trinajstić information content (AvgIpc) is 2.54. The van der Waals surface area contributed by atoms with Gasteiger partial charge < -0.3 is 10.1 Å². The number of amides is 1. The number of carbonyl (C=O) groups excluding carboxylic acids is 2. The number of esters is 1. The Morgan fingerprint density at radius 1 is 1.12 bits per heavy atom. The van der Waals surface area contributed by atoms with E-state index in [0.717, 1.165) is 12.1 Å². The van der Waals surface area contributed by atoms with Crippen LogP contribution in [0.4, 0.5) is 14.5 Å². The van der Waals surface area contributed by atoms with Crippen molar-refractivity contribution in [2.75, 3.05) is 5.32 Å². The van der Waals surface area contributed by atoms with Gasteiger partial charge in [0.2, 0.25) is 10.0 Å². The Labute approximate surface area is 147 Å². The van der Waals surface area contributed by atoms with Crippen molar-refractivity contribution in [3.63, 3.8) is 0 Å². The number of ether oxygens (including phenoxy) is 1. The number of hydrogen-bond donors (Lipinski definition) is 2. The van der Waals surface area contributed by atoms with Gasteiger partial charge in [-0.05, 0) is 43.3 Å². The van der Waals surface area contributed by atoms with E-state index in [-0.39, 0.29) is 10.6 Å². The highest BCUT2D eigenvalue weighted by molar-refractivity contribution is 7.89. The third-order valence-corrected chi connectivity index (χ3v) is 4.18. The molecule has 7 nitrogen and oxygen atoms in total. The topological polar surface area (TPSA) is 116 Å². The van der Waals surface area contributed by atoms with E-state index in [1.165, 1.54) is 31.2 Å². The smallest absolute Gasteiger partial charge is 0.341 e. The van der Waals surface area contributed by atoms with Gasteiger partial charge in [-0.15, -0.1) is 0 Å². The summed E-state index contributed by atoms with van der Waals surface area (Å²) in [5, 5.41) is 7.36. The van der Waals surface area contributed by atoms with Gasteiger partial charge in [0.15, 0.2) is 6.10 Å². The molecule has 10 heteroatoms. The SMILES string of the molecule is CC(OC(=O)c1ccc(F)cc1F)C(=O)Nc1ccc(S(N)(=O)=O)cc1. The Bertz CT molecular complexity index is 946. The number of carbonyl (C=O) groups is 2. The van der Waals surface area contributed by atoms with E-state index in [1.54, 1.807) is 0 Å². The molecule has 0 fully saturated rings. The maximum Gasteiger partial charge on any atom is 0.341 e. The molecule has 0 radical (unpaired) electrons. The summed E-state index contributed by atoms with van der Waals surface area (Å²) in [5.41, 5.74) is -0.276. The molecule has 2 aromatic carbocycles. The van der Waals surface area contributed by atoms with E-state index in [0.29, 0.717) is 6.07 Å². The number of rotatable bonds is 5. The Kier molecular flexibility index (Phi) is 5.68. The number of benzene rings is 2.